The van der Waals surface area contributed by atoms with Gasteiger partial charge in [-0.15, -0.1) is 10.2 Å². The molecule has 0 bridgehead atoms. The van der Waals surface area contributed by atoms with Gasteiger partial charge < -0.3 is 15.0 Å². The van der Waals surface area contributed by atoms with Gasteiger partial charge in [-0.1, -0.05) is 0 Å². The summed E-state index contributed by atoms with van der Waals surface area (Å²) in [5.41, 5.74) is 1.65. The highest BCUT2D eigenvalue weighted by Gasteiger charge is 2.21. The van der Waals surface area contributed by atoms with E-state index in [2.05, 4.69) is 25.9 Å². The number of tetrazole rings is 1. The first-order chi connectivity index (χ1) is 13.0. The van der Waals surface area contributed by atoms with Crippen molar-refractivity contribution >= 4 is 17.5 Å². The summed E-state index contributed by atoms with van der Waals surface area (Å²) in [5.74, 6) is -0.471. The van der Waals surface area contributed by atoms with E-state index < -0.39 is 0 Å². The predicted molar refractivity (Wildman–Crippen MR) is 94.5 cm³/mol. The molecule has 2 amide bonds. The summed E-state index contributed by atoms with van der Waals surface area (Å²) in [6.07, 6.45) is 3.02. The summed E-state index contributed by atoms with van der Waals surface area (Å²) in [6.45, 7) is -0.119. The minimum Gasteiger partial charge on any atom is -0.479 e. The molecular weight excluding hydrogens is 352 g/mol. The Morgan fingerprint density at radius 3 is 2.63 bits per heavy atom. The normalized spacial score (nSPS) is 10.5. The Labute approximate surface area is 154 Å². The van der Waals surface area contributed by atoms with Crippen molar-refractivity contribution in [3.8, 4) is 11.6 Å². The number of carbonyl (C=O) groups excluding carboxylic acids is 2. The topological polar surface area (TPSA) is 120 Å². The van der Waals surface area contributed by atoms with E-state index in [1.54, 1.807) is 37.5 Å². The van der Waals surface area contributed by atoms with Gasteiger partial charge in [-0.2, -0.15) is 0 Å². The molecule has 1 N–H and O–H groups in total. The van der Waals surface area contributed by atoms with Crippen molar-refractivity contribution in [1.82, 2.24) is 34.9 Å². The molecule has 0 atom stereocenters. The van der Waals surface area contributed by atoms with E-state index in [-0.39, 0.29) is 24.2 Å². The van der Waals surface area contributed by atoms with Crippen molar-refractivity contribution in [1.29, 1.82) is 0 Å². The van der Waals surface area contributed by atoms with Gasteiger partial charge >= 0.3 is 0 Å². The molecule has 0 spiro atoms. The van der Waals surface area contributed by atoms with Gasteiger partial charge in [0.05, 0.1) is 19.3 Å². The smallest absolute Gasteiger partial charge is 0.261 e. The van der Waals surface area contributed by atoms with Crippen LogP contribution in [0.1, 0.15) is 10.4 Å². The SMILES string of the molecule is COc1nn(C)cc1C(=O)N(C)CC(=O)Nc1ccc(-n2cnnn2)cc1. The van der Waals surface area contributed by atoms with Crippen LogP contribution in [0.2, 0.25) is 0 Å². The number of nitrogens with zero attached hydrogens (tertiary/aromatic N) is 7. The van der Waals surface area contributed by atoms with Crippen LogP contribution < -0.4 is 10.1 Å². The molecule has 3 rings (SSSR count). The van der Waals surface area contributed by atoms with Gasteiger partial charge in [0.25, 0.3) is 5.91 Å². The lowest BCUT2D eigenvalue weighted by atomic mass is 10.2. The number of aromatic nitrogens is 6. The van der Waals surface area contributed by atoms with Crippen molar-refractivity contribution in [3.05, 3.63) is 42.4 Å². The Morgan fingerprint density at radius 1 is 1.26 bits per heavy atom. The molecule has 0 fully saturated rings. The number of ether oxygens (including phenoxy) is 1. The lowest BCUT2D eigenvalue weighted by Gasteiger charge is -2.16. The van der Waals surface area contributed by atoms with Gasteiger partial charge in [0.15, 0.2) is 0 Å². The molecule has 140 valence electrons. The third-order valence-electron chi connectivity index (χ3n) is 3.71. The van der Waals surface area contributed by atoms with Crippen molar-refractivity contribution in [2.24, 2.45) is 7.05 Å². The van der Waals surface area contributed by atoms with E-state index in [1.165, 1.54) is 34.7 Å². The number of anilines is 1. The number of hydrogen-bond donors (Lipinski definition) is 1. The Bertz CT molecular complexity index is 933. The van der Waals surface area contributed by atoms with Gasteiger partial charge in [0.1, 0.15) is 11.9 Å². The van der Waals surface area contributed by atoms with Crippen LogP contribution >= 0.6 is 0 Å². The summed E-state index contributed by atoms with van der Waals surface area (Å²) in [7, 11) is 4.66. The number of benzene rings is 1. The molecule has 0 aliphatic heterocycles. The molecule has 11 heteroatoms. The Kier molecular flexibility index (Phi) is 5.11. The van der Waals surface area contributed by atoms with Gasteiger partial charge in [-0.3, -0.25) is 14.3 Å². The number of aryl methyl sites for hydroxylation is 1. The number of likely N-dealkylation sites (N-methyl/N-ethyl adjacent to an activating group) is 1. The van der Waals surface area contributed by atoms with Crippen LogP contribution in [-0.2, 0) is 11.8 Å². The van der Waals surface area contributed by atoms with Gasteiger partial charge in [-0.05, 0) is 34.7 Å². The second-order valence-electron chi connectivity index (χ2n) is 5.74. The molecule has 3 aromatic rings. The first-order valence-corrected chi connectivity index (χ1v) is 7.94. The van der Waals surface area contributed by atoms with E-state index >= 15 is 0 Å². The zero-order chi connectivity index (χ0) is 19.4. The second-order valence-corrected chi connectivity index (χ2v) is 5.74. The van der Waals surface area contributed by atoms with E-state index in [0.717, 1.165) is 5.69 Å². The van der Waals surface area contributed by atoms with Crippen molar-refractivity contribution < 1.29 is 14.3 Å². The number of carbonyl (C=O) groups is 2. The average Bonchev–Trinajstić information content (AvgIpc) is 3.31. The Morgan fingerprint density at radius 2 is 2.00 bits per heavy atom. The van der Waals surface area contributed by atoms with E-state index in [1.807, 2.05) is 0 Å². The third-order valence-corrected chi connectivity index (χ3v) is 3.71. The maximum absolute atomic E-state index is 12.5. The van der Waals surface area contributed by atoms with Crippen LogP contribution in [0.25, 0.3) is 5.69 Å². The molecule has 11 nitrogen and oxygen atoms in total. The fourth-order valence-corrected chi connectivity index (χ4v) is 2.44. The number of amides is 2. The number of hydrogen-bond acceptors (Lipinski definition) is 7. The molecule has 0 aliphatic carbocycles. The van der Waals surface area contributed by atoms with Crippen LogP contribution in [-0.4, -0.2) is 67.4 Å². The van der Waals surface area contributed by atoms with Gasteiger partial charge in [-0.25, -0.2) is 4.68 Å². The molecule has 2 heterocycles. The minimum atomic E-state index is -0.357. The Balaban J connectivity index is 1.60. The quantitative estimate of drug-likeness (QED) is 0.654. The fourth-order valence-electron chi connectivity index (χ4n) is 2.44. The van der Waals surface area contributed by atoms with E-state index in [9.17, 15) is 9.59 Å². The predicted octanol–water partition coefficient (Wildman–Crippen LogP) is 0.115. The van der Waals surface area contributed by atoms with Gasteiger partial charge in [0.2, 0.25) is 11.8 Å². The highest BCUT2D eigenvalue weighted by molar-refractivity contribution is 6.00. The van der Waals surface area contributed by atoms with E-state index in [0.29, 0.717) is 11.3 Å². The first-order valence-electron chi connectivity index (χ1n) is 7.94. The monoisotopic (exact) mass is 370 g/mol. The first kappa shape index (κ1) is 18.0. The maximum Gasteiger partial charge on any atom is 0.261 e. The lowest BCUT2D eigenvalue weighted by molar-refractivity contribution is -0.116. The average molecular weight is 370 g/mol. The molecule has 27 heavy (non-hydrogen) atoms. The van der Waals surface area contributed by atoms with Crippen LogP contribution in [0.5, 0.6) is 5.88 Å². The zero-order valence-corrected chi connectivity index (χ0v) is 15.0. The summed E-state index contributed by atoms with van der Waals surface area (Å²) in [6, 6.07) is 6.98. The molecule has 2 aromatic heterocycles. The van der Waals surface area contributed by atoms with Crippen LogP contribution in [0.3, 0.4) is 0 Å². The minimum absolute atomic E-state index is 0.119. The fraction of sp³-hybridized carbons (Fsp3) is 0.250. The molecule has 0 saturated heterocycles. The molecule has 0 unspecified atom stereocenters. The summed E-state index contributed by atoms with van der Waals surface area (Å²) in [4.78, 5) is 26.0. The number of methoxy groups -OCH3 is 1. The van der Waals surface area contributed by atoms with Gasteiger partial charge in [0, 0.05) is 26.0 Å². The number of rotatable bonds is 6. The van der Waals surface area contributed by atoms with Crippen molar-refractivity contribution in [2.75, 3.05) is 26.0 Å². The highest BCUT2D eigenvalue weighted by Crippen LogP contribution is 2.17. The molecule has 1 aromatic carbocycles. The third kappa shape index (κ3) is 4.08. The highest BCUT2D eigenvalue weighted by atomic mass is 16.5. The molecule has 0 aliphatic rings. The van der Waals surface area contributed by atoms with Crippen LogP contribution in [0.4, 0.5) is 5.69 Å². The van der Waals surface area contributed by atoms with E-state index in [4.69, 9.17) is 4.74 Å². The van der Waals surface area contributed by atoms with Crippen molar-refractivity contribution in [3.63, 3.8) is 0 Å². The van der Waals surface area contributed by atoms with Crippen LogP contribution in [0, 0.1) is 0 Å². The summed E-state index contributed by atoms with van der Waals surface area (Å²) in [5, 5.41) is 17.7. The zero-order valence-electron chi connectivity index (χ0n) is 15.0. The van der Waals surface area contributed by atoms with Crippen molar-refractivity contribution in [2.45, 2.75) is 0 Å². The lowest BCUT2D eigenvalue weighted by Crippen LogP contribution is -2.35. The maximum atomic E-state index is 12.5. The van der Waals surface area contributed by atoms with Crippen LogP contribution in [0.15, 0.2) is 36.8 Å². The molecule has 0 saturated carbocycles. The second kappa shape index (κ2) is 7.64. The number of nitrogens with one attached hydrogen (secondary N) is 1. The Hall–Kier alpha value is -3.76. The molecular formula is C16H18N8O3. The standard InChI is InChI=1S/C16H18N8O3/c1-22(16(26)13-8-23(2)19-15(13)27-3)9-14(25)18-11-4-6-12(7-5-11)24-10-17-20-21-24/h4-8,10H,9H2,1-3H3,(H,18,25). The molecule has 0 radical (unpaired) electrons. The summed E-state index contributed by atoms with van der Waals surface area (Å²) < 4.78 is 8.06. The largest absolute Gasteiger partial charge is 0.479 e. The summed E-state index contributed by atoms with van der Waals surface area (Å²) >= 11 is 0.